The minimum atomic E-state index is -0.614. The van der Waals surface area contributed by atoms with E-state index in [1.165, 1.54) is 7.11 Å². The minimum Gasteiger partial charge on any atom is -0.496 e. The van der Waals surface area contributed by atoms with Crippen LogP contribution < -0.4 is 25.4 Å². The third-order valence-electron chi connectivity index (χ3n) is 8.62. The molecule has 1 aliphatic rings. The van der Waals surface area contributed by atoms with Gasteiger partial charge in [0, 0.05) is 60.1 Å². The molecule has 6 rings (SSSR count). The van der Waals surface area contributed by atoms with E-state index in [0.29, 0.717) is 53.2 Å². The second-order valence-corrected chi connectivity index (χ2v) is 13.9. The second-order valence-electron chi connectivity index (χ2n) is 13.5. The Bertz CT molecular complexity index is 2220. The molecule has 280 valence electrons. The lowest BCUT2D eigenvalue weighted by Crippen LogP contribution is -2.41. The van der Waals surface area contributed by atoms with Crippen molar-refractivity contribution in [1.29, 1.82) is 0 Å². The lowest BCUT2D eigenvalue weighted by molar-refractivity contribution is 0.0194. The Morgan fingerprint density at radius 2 is 1.59 bits per heavy atom. The number of carbonyl (C=O) groups excluding carboxylic acids is 3. The predicted molar refractivity (Wildman–Crippen MR) is 205 cm³/mol. The number of ether oxygens (including phenoxy) is 3. The zero-order valence-electron chi connectivity index (χ0n) is 30.8. The van der Waals surface area contributed by atoms with Crippen LogP contribution in [0.15, 0.2) is 73.1 Å². The fourth-order valence-corrected chi connectivity index (χ4v) is 6.15. The van der Waals surface area contributed by atoms with Gasteiger partial charge in [-0.15, -0.1) is 0 Å². The largest absolute Gasteiger partial charge is 0.496 e. The van der Waals surface area contributed by atoms with E-state index in [-0.39, 0.29) is 17.9 Å². The van der Waals surface area contributed by atoms with Crippen molar-refractivity contribution in [3.8, 4) is 22.8 Å². The van der Waals surface area contributed by atoms with Crippen LogP contribution in [0.4, 0.5) is 21.9 Å². The van der Waals surface area contributed by atoms with Crippen LogP contribution in [-0.4, -0.2) is 68.9 Å². The summed E-state index contributed by atoms with van der Waals surface area (Å²) in [6.45, 7) is 8.84. The monoisotopic (exact) mass is 752 g/mol. The molecule has 2 aromatic carbocycles. The van der Waals surface area contributed by atoms with Crippen molar-refractivity contribution in [3.05, 3.63) is 106 Å². The van der Waals surface area contributed by atoms with Crippen LogP contribution in [0.2, 0.25) is 5.02 Å². The molecular weight excluding hydrogens is 712 g/mol. The van der Waals surface area contributed by atoms with Gasteiger partial charge in [0.05, 0.1) is 43.7 Å². The van der Waals surface area contributed by atoms with E-state index in [9.17, 15) is 14.4 Å². The molecule has 5 aromatic rings. The number of methoxy groups -OCH3 is 2. The van der Waals surface area contributed by atoms with Crippen LogP contribution in [0.25, 0.3) is 11.1 Å². The maximum absolute atomic E-state index is 13.4. The van der Waals surface area contributed by atoms with Gasteiger partial charge in [0.1, 0.15) is 17.0 Å². The van der Waals surface area contributed by atoms with Crippen molar-refractivity contribution in [2.75, 3.05) is 36.7 Å². The highest BCUT2D eigenvalue weighted by Crippen LogP contribution is 2.38. The summed E-state index contributed by atoms with van der Waals surface area (Å²) < 4.78 is 18.0. The molecular formula is C39H41ClN8O6. The maximum atomic E-state index is 13.4. The number of fused-ring (bicyclic) bond motifs is 1. The highest BCUT2D eigenvalue weighted by atomic mass is 35.5. The van der Waals surface area contributed by atoms with Gasteiger partial charge in [0.25, 0.3) is 11.8 Å². The molecule has 0 bridgehead atoms. The lowest BCUT2D eigenvalue weighted by Gasteiger charge is -2.30. The SMILES string of the molecule is COc1cc(NCc2cnc(C(=O)Nc3cccc(-c4cccc(NC(=O)c5cc6n(n5)CCN(C(=O)OC(C)(C)C)C6)c4Cl)c3C)cc2OC)ccn1. The molecule has 4 heterocycles. The third kappa shape index (κ3) is 8.55. The number of benzene rings is 2. The highest BCUT2D eigenvalue weighted by molar-refractivity contribution is 6.36. The molecule has 54 heavy (non-hydrogen) atoms. The molecule has 0 spiro atoms. The van der Waals surface area contributed by atoms with Crippen molar-refractivity contribution in [3.63, 3.8) is 0 Å². The number of anilines is 3. The number of nitrogens with one attached hydrogen (secondary N) is 3. The summed E-state index contributed by atoms with van der Waals surface area (Å²) in [5.41, 5.74) is 5.16. The fourth-order valence-electron chi connectivity index (χ4n) is 5.87. The normalized spacial score (nSPS) is 12.4. The topological polar surface area (TPSA) is 162 Å². The number of pyridine rings is 2. The maximum Gasteiger partial charge on any atom is 0.410 e. The summed E-state index contributed by atoms with van der Waals surface area (Å²) in [4.78, 5) is 49.5. The van der Waals surface area contributed by atoms with Gasteiger partial charge in [-0.25, -0.2) is 9.78 Å². The Morgan fingerprint density at radius 3 is 2.33 bits per heavy atom. The molecule has 3 amide bonds. The first-order valence-electron chi connectivity index (χ1n) is 17.2. The summed E-state index contributed by atoms with van der Waals surface area (Å²) in [6.07, 6.45) is 2.82. The number of amides is 3. The standard InChI is InChI=1S/C39H41ClN8O6/c1-23-27(9-7-11-29(23)44-36(49)31-19-33(52-5)24(21-43-31)20-42-25-13-14-41-34(17-25)53-6)28-10-8-12-30(35(28)40)45-37(50)32-18-26-22-47(15-16-48(26)46-32)38(51)54-39(2,3)4/h7-14,17-19,21H,15-16,20,22H2,1-6H3,(H,41,42)(H,44,49)(H,45,50). The molecule has 0 saturated heterocycles. The van der Waals surface area contributed by atoms with Gasteiger partial charge in [-0.3, -0.25) is 19.3 Å². The van der Waals surface area contributed by atoms with Crippen molar-refractivity contribution in [1.82, 2.24) is 24.6 Å². The minimum absolute atomic E-state index is 0.173. The Balaban J connectivity index is 1.14. The molecule has 1 aliphatic heterocycles. The van der Waals surface area contributed by atoms with Crippen molar-refractivity contribution in [2.45, 2.75) is 52.9 Å². The average molecular weight is 753 g/mol. The number of halogens is 1. The number of hydrogen-bond donors (Lipinski definition) is 3. The highest BCUT2D eigenvalue weighted by Gasteiger charge is 2.28. The van der Waals surface area contributed by atoms with Crippen molar-refractivity contribution < 1.29 is 28.6 Å². The van der Waals surface area contributed by atoms with Crippen molar-refractivity contribution in [2.24, 2.45) is 0 Å². The number of hydrogen-bond acceptors (Lipinski definition) is 10. The summed E-state index contributed by atoms with van der Waals surface area (Å²) >= 11 is 6.91. The average Bonchev–Trinajstić information content (AvgIpc) is 3.59. The van der Waals surface area contributed by atoms with E-state index in [0.717, 1.165) is 28.1 Å². The van der Waals surface area contributed by atoms with Gasteiger partial charge < -0.3 is 35.1 Å². The van der Waals surface area contributed by atoms with E-state index in [1.807, 2.05) is 52.0 Å². The van der Waals surface area contributed by atoms with Gasteiger partial charge in [-0.05, 0) is 63.1 Å². The lowest BCUT2D eigenvalue weighted by atomic mass is 9.98. The third-order valence-corrected chi connectivity index (χ3v) is 9.03. The summed E-state index contributed by atoms with van der Waals surface area (Å²) in [5, 5.41) is 13.9. The number of aromatic nitrogens is 4. The first kappa shape index (κ1) is 37.6. The molecule has 0 radical (unpaired) electrons. The van der Waals surface area contributed by atoms with Crippen LogP contribution in [-0.2, 0) is 24.4 Å². The second kappa shape index (κ2) is 15.8. The Hall–Kier alpha value is -6.15. The number of rotatable bonds is 10. The van der Waals surface area contributed by atoms with E-state index < -0.39 is 23.5 Å². The Kier molecular flexibility index (Phi) is 11.0. The van der Waals surface area contributed by atoms with E-state index in [1.54, 1.807) is 65.5 Å². The van der Waals surface area contributed by atoms with E-state index in [2.05, 4.69) is 31.0 Å². The van der Waals surface area contributed by atoms with Crippen molar-refractivity contribution >= 4 is 46.6 Å². The molecule has 0 unspecified atom stereocenters. The zero-order valence-corrected chi connectivity index (χ0v) is 31.6. The number of carbonyl (C=O) groups is 3. The van der Waals surface area contributed by atoms with E-state index in [4.69, 9.17) is 25.8 Å². The molecule has 0 aliphatic carbocycles. The molecule has 15 heteroatoms. The van der Waals surface area contributed by atoms with Gasteiger partial charge in [-0.1, -0.05) is 35.9 Å². The van der Waals surface area contributed by atoms with Gasteiger partial charge >= 0.3 is 6.09 Å². The fraction of sp³-hybridized carbons (Fsp3) is 0.282. The summed E-state index contributed by atoms with van der Waals surface area (Å²) in [7, 11) is 3.09. The van der Waals surface area contributed by atoms with Crippen LogP contribution in [0.1, 0.15) is 58.6 Å². The zero-order chi connectivity index (χ0) is 38.6. The molecule has 0 atom stereocenters. The molecule has 3 aromatic heterocycles. The molecule has 0 fully saturated rings. The Labute approximate surface area is 317 Å². The van der Waals surface area contributed by atoms with Gasteiger partial charge in [0.15, 0.2) is 5.69 Å². The molecule has 0 saturated carbocycles. The first-order chi connectivity index (χ1) is 25.8. The van der Waals surface area contributed by atoms with E-state index >= 15 is 0 Å². The Morgan fingerprint density at radius 1 is 0.870 bits per heavy atom. The van der Waals surface area contributed by atoms with Crippen LogP contribution in [0.5, 0.6) is 11.6 Å². The van der Waals surface area contributed by atoms with Gasteiger partial charge in [0.2, 0.25) is 5.88 Å². The van der Waals surface area contributed by atoms with Crippen LogP contribution in [0, 0.1) is 6.92 Å². The molecule has 3 N–H and O–H groups in total. The van der Waals surface area contributed by atoms with Gasteiger partial charge in [-0.2, -0.15) is 5.10 Å². The first-order valence-corrected chi connectivity index (χ1v) is 17.5. The number of nitrogens with zero attached hydrogens (tertiary/aromatic N) is 5. The summed E-state index contributed by atoms with van der Waals surface area (Å²) in [6, 6.07) is 17.7. The van der Waals surface area contributed by atoms with Crippen LogP contribution in [0.3, 0.4) is 0 Å². The smallest absolute Gasteiger partial charge is 0.410 e. The quantitative estimate of drug-likeness (QED) is 0.133. The van der Waals surface area contributed by atoms with Crippen LogP contribution >= 0.6 is 11.6 Å². The predicted octanol–water partition coefficient (Wildman–Crippen LogP) is 7.19. The summed E-state index contributed by atoms with van der Waals surface area (Å²) in [5.74, 6) is 0.118. The molecule has 14 nitrogen and oxygen atoms in total.